The SMILES string of the molecule is CCCCCCN1B(C)N(C)CN(c2ccc[nH]2)B1C. The maximum atomic E-state index is 3.34. The highest BCUT2D eigenvalue weighted by Gasteiger charge is 2.39. The van der Waals surface area contributed by atoms with Gasteiger partial charge in [0.25, 0.3) is 6.98 Å². The van der Waals surface area contributed by atoms with Crippen molar-refractivity contribution < 1.29 is 0 Å². The first kappa shape index (κ1) is 15.5. The van der Waals surface area contributed by atoms with E-state index in [1.54, 1.807) is 0 Å². The van der Waals surface area contributed by atoms with Crippen molar-refractivity contribution in [3.05, 3.63) is 18.3 Å². The Bertz CT molecular complexity index is 385. The Morgan fingerprint density at radius 2 is 2.00 bits per heavy atom. The Balaban J connectivity index is 2.00. The summed E-state index contributed by atoms with van der Waals surface area (Å²) < 4.78 is 2.61. The van der Waals surface area contributed by atoms with Crippen LogP contribution in [0.5, 0.6) is 0 Å². The molecule has 0 unspecified atom stereocenters. The molecule has 0 saturated carbocycles. The van der Waals surface area contributed by atoms with Crippen LogP contribution < -0.4 is 4.81 Å². The van der Waals surface area contributed by atoms with Gasteiger partial charge in [-0.15, -0.1) is 0 Å². The molecule has 4 nitrogen and oxygen atoms in total. The second kappa shape index (κ2) is 7.23. The summed E-state index contributed by atoms with van der Waals surface area (Å²) in [5.41, 5.74) is 0. The van der Waals surface area contributed by atoms with Gasteiger partial charge in [0.15, 0.2) is 0 Å². The molecule has 1 N–H and O–H groups in total. The number of aromatic nitrogens is 1. The maximum Gasteiger partial charge on any atom is 0.331 e. The average molecular weight is 274 g/mol. The lowest BCUT2D eigenvalue weighted by atomic mass is 9.57. The van der Waals surface area contributed by atoms with Crippen molar-refractivity contribution in [2.24, 2.45) is 0 Å². The van der Waals surface area contributed by atoms with Gasteiger partial charge in [-0.25, -0.2) is 0 Å². The molecule has 1 aromatic heterocycles. The van der Waals surface area contributed by atoms with Crippen molar-refractivity contribution >= 4 is 19.8 Å². The Kier molecular flexibility index (Phi) is 5.61. The molecule has 0 atom stereocenters. The smallest absolute Gasteiger partial charge is 0.331 e. The van der Waals surface area contributed by atoms with Gasteiger partial charge in [-0.1, -0.05) is 39.8 Å². The number of unbranched alkanes of at least 4 members (excludes halogenated alkanes) is 3. The molecular formula is C14H28B2N4. The van der Waals surface area contributed by atoms with Gasteiger partial charge < -0.3 is 19.3 Å². The summed E-state index contributed by atoms with van der Waals surface area (Å²) in [7, 11) is 2.21. The number of H-pyrrole nitrogens is 1. The number of nitrogens with zero attached hydrogens (tertiary/aromatic N) is 3. The van der Waals surface area contributed by atoms with Gasteiger partial charge in [-0.05, 0) is 32.1 Å². The minimum atomic E-state index is 0.446. The summed E-state index contributed by atoms with van der Waals surface area (Å²) in [5.74, 6) is 1.22. The quantitative estimate of drug-likeness (QED) is 0.638. The van der Waals surface area contributed by atoms with Gasteiger partial charge in [-0.3, -0.25) is 0 Å². The first-order valence-corrected chi connectivity index (χ1v) is 8.01. The van der Waals surface area contributed by atoms with Crippen LogP contribution in [0.15, 0.2) is 18.3 Å². The first-order valence-electron chi connectivity index (χ1n) is 8.01. The van der Waals surface area contributed by atoms with Gasteiger partial charge >= 0.3 is 6.98 Å². The third-order valence-corrected chi connectivity index (χ3v) is 4.59. The molecule has 0 radical (unpaired) electrons. The summed E-state index contributed by atoms with van der Waals surface area (Å²) in [6.45, 7) is 10.0. The van der Waals surface area contributed by atoms with Crippen molar-refractivity contribution in [3.8, 4) is 0 Å². The molecule has 1 aliphatic rings. The lowest BCUT2D eigenvalue weighted by Crippen LogP contribution is -2.69. The second-order valence-corrected chi connectivity index (χ2v) is 5.99. The van der Waals surface area contributed by atoms with E-state index in [1.165, 1.54) is 38.0 Å². The molecule has 0 aliphatic carbocycles. The fraction of sp³-hybridized carbons (Fsp3) is 0.714. The van der Waals surface area contributed by atoms with Crippen molar-refractivity contribution in [2.45, 2.75) is 46.3 Å². The Hall–Kier alpha value is -0.870. The van der Waals surface area contributed by atoms with E-state index in [2.05, 4.69) is 59.1 Å². The average Bonchev–Trinajstić information content (AvgIpc) is 2.96. The van der Waals surface area contributed by atoms with E-state index in [4.69, 9.17) is 0 Å². The molecule has 6 heteroatoms. The van der Waals surface area contributed by atoms with E-state index in [0.29, 0.717) is 14.0 Å². The molecule has 1 saturated heterocycles. The zero-order valence-electron chi connectivity index (χ0n) is 13.5. The van der Waals surface area contributed by atoms with Crippen LogP contribution in [0.3, 0.4) is 0 Å². The number of nitrogens with one attached hydrogen (secondary N) is 1. The van der Waals surface area contributed by atoms with Crippen molar-refractivity contribution in [2.75, 3.05) is 25.1 Å². The Morgan fingerprint density at radius 3 is 2.65 bits per heavy atom. The van der Waals surface area contributed by atoms with E-state index in [0.717, 1.165) is 6.67 Å². The summed E-state index contributed by atoms with van der Waals surface area (Å²) >= 11 is 0. The minimum Gasteiger partial charge on any atom is -0.376 e. The highest BCUT2D eigenvalue weighted by Crippen LogP contribution is 2.21. The minimum absolute atomic E-state index is 0.446. The summed E-state index contributed by atoms with van der Waals surface area (Å²) in [5, 5.41) is 0. The molecule has 110 valence electrons. The van der Waals surface area contributed by atoms with Crippen LogP contribution in [0.1, 0.15) is 32.6 Å². The van der Waals surface area contributed by atoms with Crippen LogP contribution in [0, 0.1) is 0 Å². The van der Waals surface area contributed by atoms with E-state index >= 15 is 0 Å². The molecule has 1 aliphatic heterocycles. The monoisotopic (exact) mass is 274 g/mol. The van der Waals surface area contributed by atoms with Gasteiger partial charge in [0, 0.05) is 6.20 Å². The summed E-state index contributed by atoms with van der Waals surface area (Å²) in [6, 6.07) is 4.24. The third-order valence-electron chi connectivity index (χ3n) is 4.59. The highest BCUT2D eigenvalue weighted by molar-refractivity contribution is 6.73. The highest BCUT2D eigenvalue weighted by atomic mass is 15.4. The van der Waals surface area contributed by atoms with E-state index in [-0.39, 0.29) is 0 Å². The number of anilines is 1. The number of aromatic amines is 1. The standard InChI is InChI=1S/C14H28B2N4/c1-5-6-7-8-12-20-15(2)18(4)13-19(16(20)3)14-10-9-11-17-14/h9-11,17H,5-8,12-13H2,1-4H3. The second-order valence-electron chi connectivity index (χ2n) is 5.99. The van der Waals surface area contributed by atoms with Crippen molar-refractivity contribution in [1.29, 1.82) is 0 Å². The van der Waals surface area contributed by atoms with Gasteiger partial charge in [0.05, 0.1) is 12.5 Å². The predicted octanol–water partition coefficient (Wildman–Crippen LogP) is 2.84. The van der Waals surface area contributed by atoms with Crippen LogP contribution in [-0.4, -0.2) is 48.7 Å². The lowest BCUT2D eigenvalue weighted by molar-refractivity contribution is 0.431. The topological polar surface area (TPSA) is 25.5 Å². The molecule has 20 heavy (non-hydrogen) atoms. The van der Waals surface area contributed by atoms with E-state index in [1.807, 2.05) is 6.20 Å². The molecular weight excluding hydrogens is 246 g/mol. The largest absolute Gasteiger partial charge is 0.376 e. The molecule has 1 aromatic rings. The summed E-state index contributed by atoms with van der Waals surface area (Å²) in [4.78, 5) is 8.20. The molecule has 0 amide bonds. The molecule has 0 bridgehead atoms. The molecule has 1 fully saturated rings. The molecule has 0 aromatic carbocycles. The van der Waals surface area contributed by atoms with Crippen LogP contribution in [0.2, 0.25) is 13.6 Å². The van der Waals surface area contributed by atoms with Gasteiger partial charge in [0.2, 0.25) is 0 Å². The van der Waals surface area contributed by atoms with Crippen LogP contribution in [0.4, 0.5) is 5.82 Å². The normalized spacial score (nSPS) is 18.1. The molecule has 2 rings (SSSR count). The van der Waals surface area contributed by atoms with E-state index < -0.39 is 0 Å². The number of rotatable bonds is 6. The van der Waals surface area contributed by atoms with E-state index in [9.17, 15) is 0 Å². The lowest BCUT2D eigenvalue weighted by Gasteiger charge is -2.48. The van der Waals surface area contributed by atoms with Crippen LogP contribution >= 0.6 is 0 Å². The Morgan fingerprint density at radius 1 is 1.20 bits per heavy atom. The molecule has 0 spiro atoms. The number of hydrogen-bond donors (Lipinski definition) is 1. The third kappa shape index (κ3) is 3.41. The zero-order valence-corrected chi connectivity index (χ0v) is 13.5. The van der Waals surface area contributed by atoms with Crippen LogP contribution in [-0.2, 0) is 0 Å². The van der Waals surface area contributed by atoms with Crippen LogP contribution in [0.25, 0.3) is 0 Å². The predicted molar refractivity (Wildman–Crippen MR) is 90.0 cm³/mol. The van der Waals surface area contributed by atoms with Gasteiger partial charge in [-0.2, -0.15) is 0 Å². The fourth-order valence-electron chi connectivity index (χ4n) is 3.09. The first-order chi connectivity index (χ1) is 9.65. The number of hydrogen-bond acceptors (Lipinski definition) is 3. The Labute approximate surface area is 124 Å². The van der Waals surface area contributed by atoms with Crippen molar-refractivity contribution in [1.82, 2.24) is 14.5 Å². The fourth-order valence-corrected chi connectivity index (χ4v) is 3.09. The maximum absolute atomic E-state index is 3.34. The van der Waals surface area contributed by atoms with Crippen molar-refractivity contribution in [3.63, 3.8) is 0 Å². The molecule has 2 heterocycles. The van der Waals surface area contributed by atoms with Gasteiger partial charge in [0.1, 0.15) is 0 Å². The zero-order chi connectivity index (χ0) is 14.5. The summed E-state index contributed by atoms with van der Waals surface area (Å²) in [6.07, 6.45) is 7.31.